The van der Waals surface area contributed by atoms with Crippen LogP contribution in [0.5, 0.6) is 0 Å². The molecule has 2 aromatic rings. The molecule has 1 aromatic heterocycles. The quantitative estimate of drug-likeness (QED) is 0.909. The Morgan fingerprint density at radius 1 is 1.40 bits per heavy atom. The van der Waals surface area contributed by atoms with Crippen molar-refractivity contribution in [1.29, 1.82) is 0 Å². The molecule has 0 unspecified atom stereocenters. The average molecular weight is 277 g/mol. The summed E-state index contributed by atoms with van der Waals surface area (Å²) in [6, 6.07) is 3.07. The Hall–Kier alpha value is -2.43. The van der Waals surface area contributed by atoms with Crippen LogP contribution < -0.4 is 16.0 Å². The number of benzene rings is 1. The molecule has 0 radical (unpaired) electrons. The molecule has 0 aliphatic carbocycles. The number of rotatable bonds is 2. The van der Waals surface area contributed by atoms with Gasteiger partial charge in [0.2, 0.25) is 0 Å². The van der Waals surface area contributed by atoms with Crippen molar-refractivity contribution in [3.8, 4) is 11.3 Å². The Kier molecular flexibility index (Phi) is 3.70. The predicted octanol–water partition coefficient (Wildman–Crippen LogP) is 1.80. The van der Waals surface area contributed by atoms with Crippen molar-refractivity contribution in [1.82, 2.24) is 5.32 Å². The number of halogens is 2. The van der Waals surface area contributed by atoms with Crippen molar-refractivity contribution in [3.05, 3.63) is 46.0 Å². The molecule has 0 fully saturated rings. The third-order valence-corrected chi connectivity index (χ3v) is 2.93. The zero-order valence-corrected chi connectivity index (χ0v) is 11.1. The molecule has 1 amide bonds. The van der Waals surface area contributed by atoms with E-state index in [1.165, 1.54) is 13.1 Å². The Balaban J connectivity index is 2.80. The van der Waals surface area contributed by atoms with E-state index in [1.54, 1.807) is 13.0 Å². The highest BCUT2D eigenvalue weighted by atomic mass is 19.1. The molecule has 0 saturated carbocycles. The number of carbonyl (C=O) groups is 1. The zero-order chi connectivity index (χ0) is 14.9. The minimum absolute atomic E-state index is 0.0167. The molecule has 5 heteroatoms. The highest BCUT2D eigenvalue weighted by molar-refractivity contribution is 5.99. The summed E-state index contributed by atoms with van der Waals surface area (Å²) in [6.45, 7) is 5.49. The molecule has 1 N–H and O–H groups in total. The fourth-order valence-corrected chi connectivity index (χ4v) is 1.94. The van der Waals surface area contributed by atoms with Crippen molar-refractivity contribution in [2.75, 3.05) is 7.05 Å². The van der Waals surface area contributed by atoms with Gasteiger partial charge in [-0.15, -0.1) is 0 Å². The van der Waals surface area contributed by atoms with Crippen LogP contribution in [0.2, 0.25) is 0 Å². The van der Waals surface area contributed by atoms with Crippen molar-refractivity contribution in [3.63, 3.8) is 0 Å². The molecular weight excluding hydrogens is 264 g/mol. The Morgan fingerprint density at radius 2 is 2.10 bits per heavy atom. The first-order valence-corrected chi connectivity index (χ1v) is 5.95. The van der Waals surface area contributed by atoms with Gasteiger partial charge in [0, 0.05) is 18.3 Å². The highest BCUT2D eigenvalue weighted by Gasteiger charge is 2.21. The Bertz CT molecular complexity index is 778. The summed E-state index contributed by atoms with van der Waals surface area (Å²) in [4.78, 5) is 11.9. The topological polar surface area (TPSA) is 42.2 Å². The van der Waals surface area contributed by atoms with Crippen molar-refractivity contribution < 1.29 is 18.0 Å². The molecule has 104 valence electrons. The molecule has 3 nitrogen and oxygen atoms in total. The molecule has 0 aliphatic rings. The Labute approximate surface area is 114 Å². The molecule has 0 spiro atoms. The fraction of sp³-hybridized carbons (Fsp3) is 0.133. The first-order chi connectivity index (χ1) is 9.49. The van der Waals surface area contributed by atoms with E-state index in [-0.39, 0.29) is 16.9 Å². The normalized spacial score (nSPS) is 11.7. The second-order valence-electron chi connectivity index (χ2n) is 4.14. The van der Waals surface area contributed by atoms with Gasteiger partial charge in [0.05, 0.1) is 11.1 Å². The third kappa shape index (κ3) is 2.22. The molecule has 2 rings (SSSR count). The second-order valence-corrected chi connectivity index (χ2v) is 4.14. The van der Waals surface area contributed by atoms with Gasteiger partial charge in [0.1, 0.15) is 17.0 Å². The molecule has 0 aliphatic heterocycles. The predicted molar refractivity (Wildman–Crippen MR) is 72.4 cm³/mol. The highest BCUT2D eigenvalue weighted by Crippen LogP contribution is 2.24. The van der Waals surface area contributed by atoms with Crippen molar-refractivity contribution >= 4 is 18.6 Å². The lowest BCUT2D eigenvalue weighted by Crippen LogP contribution is -2.29. The summed E-state index contributed by atoms with van der Waals surface area (Å²) in [5, 5.41) is 2.82. The van der Waals surface area contributed by atoms with E-state index < -0.39 is 17.5 Å². The molecule has 1 heterocycles. The molecule has 20 heavy (non-hydrogen) atoms. The van der Waals surface area contributed by atoms with Gasteiger partial charge in [-0.25, -0.2) is 8.78 Å². The molecule has 0 bridgehead atoms. The molecule has 1 aromatic carbocycles. The zero-order valence-electron chi connectivity index (χ0n) is 11.1. The minimum Gasteiger partial charge on any atom is -0.455 e. The van der Waals surface area contributed by atoms with E-state index in [1.807, 2.05) is 0 Å². The average Bonchev–Trinajstić information content (AvgIpc) is 2.74. The maximum Gasteiger partial charge on any atom is 0.255 e. The molecule has 0 atom stereocenters. The lowest BCUT2D eigenvalue weighted by atomic mass is 10.1. The summed E-state index contributed by atoms with van der Waals surface area (Å²) in [7, 11) is 1.45. The Morgan fingerprint density at radius 3 is 2.65 bits per heavy atom. The lowest BCUT2D eigenvalue weighted by molar-refractivity contribution is 0.0962. The van der Waals surface area contributed by atoms with Crippen molar-refractivity contribution in [2.24, 2.45) is 0 Å². The van der Waals surface area contributed by atoms with Crippen LogP contribution in [0.25, 0.3) is 24.0 Å². The van der Waals surface area contributed by atoms with Gasteiger partial charge in [-0.3, -0.25) is 4.79 Å². The van der Waals surface area contributed by atoms with Gasteiger partial charge >= 0.3 is 0 Å². The summed E-state index contributed by atoms with van der Waals surface area (Å²) in [5.74, 6) is -1.89. The smallest absolute Gasteiger partial charge is 0.255 e. The van der Waals surface area contributed by atoms with E-state index in [0.717, 1.165) is 12.1 Å². The standard InChI is InChI=1S/C15H13F2NO2/c1-4-12-8(2)13(15(19)18-3)14(20-12)10-6-5-9(16)7-11(10)17/h4-7H,2H2,1,3H3,(H,18,19). The first-order valence-electron chi connectivity index (χ1n) is 5.95. The second kappa shape index (κ2) is 5.28. The number of hydrogen-bond donors (Lipinski definition) is 1. The first kappa shape index (κ1) is 14.0. The van der Waals surface area contributed by atoms with Crippen LogP contribution in [0.1, 0.15) is 17.3 Å². The summed E-state index contributed by atoms with van der Waals surface area (Å²) < 4.78 is 32.3. The van der Waals surface area contributed by atoms with Crippen LogP contribution in [0.3, 0.4) is 0 Å². The van der Waals surface area contributed by atoms with Gasteiger partial charge in [-0.05, 0) is 25.1 Å². The molecular formula is C15H13F2NO2. The van der Waals surface area contributed by atoms with Gasteiger partial charge < -0.3 is 9.73 Å². The van der Waals surface area contributed by atoms with E-state index >= 15 is 0 Å². The number of nitrogens with one attached hydrogen (secondary N) is 1. The monoisotopic (exact) mass is 277 g/mol. The van der Waals surface area contributed by atoms with Crippen LogP contribution in [0.15, 0.2) is 22.6 Å². The lowest BCUT2D eigenvalue weighted by Gasteiger charge is -2.03. The number of hydrogen-bond acceptors (Lipinski definition) is 2. The SMILES string of the molecule is C=c1c(C(=O)NC)c(-c2ccc(F)cc2F)oc1=CC. The van der Waals surface area contributed by atoms with Crippen LogP contribution in [-0.2, 0) is 0 Å². The molecule has 0 saturated heterocycles. The van der Waals surface area contributed by atoms with Crippen LogP contribution in [0, 0.1) is 11.6 Å². The summed E-state index contributed by atoms with van der Waals surface area (Å²) >= 11 is 0. The van der Waals surface area contributed by atoms with Gasteiger partial charge in [0.25, 0.3) is 5.91 Å². The summed E-state index contributed by atoms with van der Waals surface area (Å²) in [6.07, 6.45) is 1.62. The van der Waals surface area contributed by atoms with E-state index in [9.17, 15) is 13.6 Å². The minimum atomic E-state index is -0.799. The maximum absolute atomic E-state index is 13.9. The van der Waals surface area contributed by atoms with Gasteiger partial charge in [-0.2, -0.15) is 0 Å². The number of carbonyl (C=O) groups excluding carboxylic acids is 1. The summed E-state index contributed by atoms with van der Waals surface area (Å²) in [5.41, 5.74) is 0.538. The van der Waals surface area contributed by atoms with E-state index in [0.29, 0.717) is 10.6 Å². The van der Waals surface area contributed by atoms with E-state index in [4.69, 9.17) is 4.42 Å². The fourth-order valence-electron chi connectivity index (χ4n) is 1.94. The van der Waals surface area contributed by atoms with Crippen molar-refractivity contribution in [2.45, 2.75) is 6.92 Å². The largest absolute Gasteiger partial charge is 0.455 e. The maximum atomic E-state index is 13.9. The number of furan rings is 1. The van der Waals surface area contributed by atoms with Crippen LogP contribution >= 0.6 is 0 Å². The number of amides is 1. The van der Waals surface area contributed by atoms with Crippen LogP contribution in [-0.4, -0.2) is 13.0 Å². The third-order valence-electron chi connectivity index (χ3n) is 2.93. The van der Waals surface area contributed by atoms with Gasteiger partial charge in [-0.1, -0.05) is 6.58 Å². The van der Waals surface area contributed by atoms with Crippen LogP contribution in [0.4, 0.5) is 8.78 Å². The van der Waals surface area contributed by atoms with E-state index in [2.05, 4.69) is 11.9 Å². The van der Waals surface area contributed by atoms with Gasteiger partial charge in [0.15, 0.2) is 5.76 Å².